The minimum absolute atomic E-state index is 0.122. The molecule has 27 heavy (non-hydrogen) atoms. The molecule has 1 aromatic heterocycles. The lowest BCUT2D eigenvalue weighted by Gasteiger charge is -2.29. The van der Waals surface area contributed by atoms with Crippen molar-refractivity contribution in [2.75, 3.05) is 17.2 Å². The van der Waals surface area contributed by atoms with Crippen molar-refractivity contribution >= 4 is 23.4 Å². The molecule has 2 aromatic carbocycles. The lowest BCUT2D eigenvalue weighted by atomic mass is 10.0. The van der Waals surface area contributed by atoms with E-state index in [1.54, 1.807) is 0 Å². The van der Waals surface area contributed by atoms with Crippen LogP contribution in [0.3, 0.4) is 0 Å². The van der Waals surface area contributed by atoms with Gasteiger partial charge in [-0.15, -0.1) is 10.2 Å². The second kappa shape index (κ2) is 7.92. The highest BCUT2D eigenvalue weighted by Crippen LogP contribution is 2.28. The Bertz CT molecular complexity index is 956. The van der Waals surface area contributed by atoms with E-state index < -0.39 is 0 Å². The molecule has 1 amide bonds. The molecule has 0 saturated heterocycles. The van der Waals surface area contributed by atoms with E-state index in [0.29, 0.717) is 5.75 Å². The standard InChI is InChI=1S/C22H21N3OS/c1-16-7-2-4-10-18(16)19-12-13-21(24-23-19)27-15-22(26)25-14-6-9-17-8-3-5-11-20(17)25/h2-5,7-8,10-13H,6,9,14-15H2,1H3. The summed E-state index contributed by atoms with van der Waals surface area (Å²) in [6.07, 6.45) is 2.05. The van der Waals surface area contributed by atoms with Crippen LogP contribution in [-0.4, -0.2) is 28.4 Å². The second-order valence-corrected chi connectivity index (χ2v) is 7.63. The van der Waals surface area contributed by atoms with Gasteiger partial charge in [0.15, 0.2) is 0 Å². The summed E-state index contributed by atoms with van der Waals surface area (Å²) in [4.78, 5) is 14.6. The fraction of sp³-hybridized carbons (Fsp3) is 0.227. The van der Waals surface area contributed by atoms with E-state index in [2.05, 4.69) is 29.3 Å². The zero-order chi connectivity index (χ0) is 18.6. The lowest BCUT2D eigenvalue weighted by molar-refractivity contribution is -0.116. The van der Waals surface area contributed by atoms with Crippen molar-refractivity contribution in [2.45, 2.75) is 24.8 Å². The molecule has 0 fully saturated rings. The van der Waals surface area contributed by atoms with Crippen molar-refractivity contribution in [1.29, 1.82) is 0 Å². The first kappa shape index (κ1) is 17.7. The van der Waals surface area contributed by atoms with E-state index in [-0.39, 0.29) is 5.91 Å². The number of benzene rings is 2. The van der Waals surface area contributed by atoms with Crippen molar-refractivity contribution in [3.05, 3.63) is 71.8 Å². The Morgan fingerprint density at radius 3 is 2.67 bits per heavy atom. The quantitative estimate of drug-likeness (QED) is 0.629. The maximum Gasteiger partial charge on any atom is 0.237 e. The van der Waals surface area contributed by atoms with Crippen LogP contribution in [-0.2, 0) is 11.2 Å². The van der Waals surface area contributed by atoms with Crippen LogP contribution in [0.4, 0.5) is 5.69 Å². The maximum absolute atomic E-state index is 12.7. The van der Waals surface area contributed by atoms with Crippen LogP contribution in [0.15, 0.2) is 65.7 Å². The molecule has 0 radical (unpaired) electrons. The van der Waals surface area contributed by atoms with Gasteiger partial charge in [0.25, 0.3) is 0 Å². The summed E-state index contributed by atoms with van der Waals surface area (Å²) in [6.45, 7) is 2.85. The third-order valence-corrected chi connectivity index (χ3v) is 5.72. The molecule has 2 heterocycles. The molecule has 0 atom stereocenters. The van der Waals surface area contributed by atoms with E-state index in [4.69, 9.17) is 0 Å². The predicted octanol–water partition coefficient (Wildman–Crippen LogP) is 4.52. The summed E-state index contributed by atoms with van der Waals surface area (Å²) < 4.78 is 0. The summed E-state index contributed by atoms with van der Waals surface area (Å²) in [5.74, 6) is 0.490. The first-order chi connectivity index (χ1) is 13.2. The van der Waals surface area contributed by atoms with Crippen LogP contribution in [0.1, 0.15) is 17.5 Å². The van der Waals surface area contributed by atoms with Gasteiger partial charge in [-0.25, -0.2) is 0 Å². The summed E-state index contributed by atoms with van der Waals surface area (Å²) in [5, 5.41) is 9.41. The summed E-state index contributed by atoms with van der Waals surface area (Å²) in [7, 11) is 0. The number of anilines is 1. The average Bonchev–Trinajstić information content (AvgIpc) is 2.72. The Kier molecular flexibility index (Phi) is 5.21. The zero-order valence-corrected chi connectivity index (χ0v) is 16.1. The number of thioether (sulfide) groups is 1. The van der Waals surface area contributed by atoms with Crippen LogP contribution in [0.2, 0.25) is 0 Å². The number of fused-ring (bicyclic) bond motifs is 1. The number of amides is 1. The fourth-order valence-electron chi connectivity index (χ4n) is 3.41. The van der Waals surface area contributed by atoms with Gasteiger partial charge in [-0.2, -0.15) is 0 Å². The van der Waals surface area contributed by atoms with Gasteiger partial charge < -0.3 is 4.90 Å². The van der Waals surface area contributed by atoms with Gasteiger partial charge in [0.2, 0.25) is 5.91 Å². The Morgan fingerprint density at radius 2 is 1.85 bits per heavy atom. The number of aryl methyl sites for hydroxylation is 2. The molecule has 0 N–H and O–H groups in total. The molecule has 4 nitrogen and oxygen atoms in total. The molecule has 0 bridgehead atoms. The van der Waals surface area contributed by atoms with E-state index in [1.807, 2.05) is 53.4 Å². The number of aromatic nitrogens is 2. The van der Waals surface area contributed by atoms with E-state index in [0.717, 1.165) is 41.4 Å². The van der Waals surface area contributed by atoms with E-state index in [1.165, 1.54) is 22.9 Å². The van der Waals surface area contributed by atoms with Crippen LogP contribution < -0.4 is 4.90 Å². The monoisotopic (exact) mass is 375 g/mol. The third kappa shape index (κ3) is 3.88. The number of para-hydroxylation sites is 1. The molecule has 0 unspecified atom stereocenters. The minimum Gasteiger partial charge on any atom is -0.311 e. The number of rotatable bonds is 4. The van der Waals surface area contributed by atoms with Gasteiger partial charge in [-0.05, 0) is 49.1 Å². The lowest BCUT2D eigenvalue weighted by Crippen LogP contribution is -2.36. The molecule has 1 aliphatic rings. The van der Waals surface area contributed by atoms with Crippen molar-refractivity contribution < 1.29 is 4.79 Å². The van der Waals surface area contributed by atoms with E-state index in [9.17, 15) is 4.79 Å². The number of hydrogen-bond donors (Lipinski definition) is 0. The normalized spacial score (nSPS) is 13.3. The average molecular weight is 375 g/mol. The summed E-state index contributed by atoms with van der Waals surface area (Å²) in [5.41, 5.74) is 5.42. The van der Waals surface area contributed by atoms with Gasteiger partial charge in [-0.3, -0.25) is 4.79 Å². The minimum atomic E-state index is 0.122. The maximum atomic E-state index is 12.7. The highest BCUT2D eigenvalue weighted by molar-refractivity contribution is 7.99. The van der Waals surface area contributed by atoms with Crippen LogP contribution in [0.25, 0.3) is 11.3 Å². The third-order valence-electron chi connectivity index (χ3n) is 4.82. The number of nitrogens with zero attached hydrogens (tertiary/aromatic N) is 3. The van der Waals surface area contributed by atoms with Gasteiger partial charge in [0.1, 0.15) is 5.03 Å². The van der Waals surface area contributed by atoms with Gasteiger partial charge >= 0.3 is 0 Å². The Morgan fingerprint density at radius 1 is 1.04 bits per heavy atom. The van der Waals surface area contributed by atoms with Crippen molar-refractivity contribution in [2.24, 2.45) is 0 Å². The first-order valence-corrected chi connectivity index (χ1v) is 10.1. The number of carbonyl (C=O) groups excluding carboxylic acids is 1. The van der Waals surface area contributed by atoms with Crippen molar-refractivity contribution in [3.8, 4) is 11.3 Å². The highest BCUT2D eigenvalue weighted by atomic mass is 32.2. The molecule has 5 heteroatoms. The zero-order valence-electron chi connectivity index (χ0n) is 15.3. The van der Waals surface area contributed by atoms with Crippen molar-refractivity contribution in [3.63, 3.8) is 0 Å². The van der Waals surface area contributed by atoms with Gasteiger partial charge in [-0.1, -0.05) is 54.2 Å². The molecular formula is C22H21N3OS. The van der Waals surface area contributed by atoms with E-state index >= 15 is 0 Å². The molecule has 0 aliphatic carbocycles. The largest absolute Gasteiger partial charge is 0.311 e. The molecular weight excluding hydrogens is 354 g/mol. The fourth-order valence-corrected chi connectivity index (χ4v) is 4.10. The molecule has 0 saturated carbocycles. The number of hydrogen-bond acceptors (Lipinski definition) is 4. The first-order valence-electron chi connectivity index (χ1n) is 9.13. The second-order valence-electron chi connectivity index (χ2n) is 6.64. The smallest absolute Gasteiger partial charge is 0.237 e. The molecule has 1 aliphatic heterocycles. The SMILES string of the molecule is Cc1ccccc1-c1ccc(SCC(=O)N2CCCc3ccccc32)nn1. The molecule has 0 spiro atoms. The number of carbonyl (C=O) groups is 1. The Balaban J connectivity index is 1.42. The van der Waals surface area contributed by atoms with Crippen molar-refractivity contribution in [1.82, 2.24) is 10.2 Å². The highest BCUT2D eigenvalue weighted by Gasteiger charge is 2.22. The molecule has 4 rings (SSSR count). The summed E-state index contributed by atoms with van der Waals surface area (Å²) in [6, 6.07) is 20.2. The van der Waals surface area contributed by atoms with Gasteiger partial charge in [0.05, 0.1) is 11.4 Å². The topological polar surface area (TPSA) is 46.1 Å². The Hall–Kier alpha value is -2.66. The summed E-state index contributed by atoms with van der Waals surface area (Å²) >= 11 is 1.44. The molecule has 136 valence electrons. The van der Waals surface area contributed by atoms with Crippen LogP contribution in [0, 0.1) is 6.92 Å². The van der Waals surface area contributed by atoms with Crippen LogP contribution in [0.5, 0.6) is 0 Å². The predicted molar refractivity (Wildman–Crippen MR) is 110 cm³/mol. The van der Waals surface area contributed by atoms with Crippen LogP contribution >= 0.6 is 11.8 Å². The van der Waals surface area contributed by atoms with Gasteiger partial charge in [0, 0.05) is 17.8 Å². The Labute approximate surface area is 163 Å². The molecule has 3 aromatic rings.